The molecule has 2 atom stereocenters. The van der Waals surface area contributed by atoms with Crippen LogP contribution in [0.25, 0.3) is 0 Å². The lowest BCUT2D eigenvalue weighted by Gasteiger charge is -2.45. The maximum absolute atomic E-state index is 9.40. The molecule has 1 heterocycles. The molecule has 0 radical (unpaired) electrons. The predicted molar refractivity (Wildman–Crippen MR) is 112 cm³/mol. The summed E-state index contributed by atoms with van der Waals surface area (Å²) < 4.78 is 0. The molecular formula is C24H27N3. The van der Waals surface area contributed by atoms with E-state index >= 15 is 0 Å². The first-order chi connectivity index (χ1) is 12.9. The van der Waals surface area contributed by atoms with Crippen LogP contribution in [0.3, 0.4) is 0 Å². The highest BCUT2D eigenvalue weighted by atomic mass is 15.2. The minimum absolute atomic E-state index is 0.314. The highest BCUT2D eigenvalue weighted by molar-refractivity contribution is 6.01. The number of hydrogen-bond donors (Lipinski definition) is 0. The fourth-order valence-electron chi connectivity index (χ4n) is 4.31. The maximum atomic E-state index is 9.40. The van der Waals surface area contributed by atoms with Gasteiger partial charge in [-0.3, -0.25) is 0 Å². The van der Waals surface area contributed by atoms with Gasteiger partial charge in [-0.05, 0) is 37.7 Å². The third-order valence-electron chi connectivity index (χ3n) is 5.85. The molecule has 0 bridgehead atoms. The Kier molecular flexibility index (Phi) is 5.19. The summed E-state index contributed by atoms with van der Waals surface area (Å²) in [5.74, 6) is 1.28. The molecule has 0 aromatic heterocycles. The van der Waals surface area contributed by atoms with Crippen LogP contribution in [0.5, 0.6) is 0 Å². The Morgan fingerprint density at radius 1 is 1.41 bits per heavy atom. The van der Waals surface area contributed by atoms with Gasteiger partial charge in [-0.15, -0.1) is 6.58 Å². The Labute approximate surface area is 162 Å². The first-order valence-electron chi connectivity index (χ1n) is 9.43. The minimum Gasteiger partial charge on any atom is -0.329 e. The number of likely N-dealkylation sites (N-methyl/N-ethyl adjacent to an activating group) is 1. The van der Waals surface area contributed by atoms with Crippen molar-refractivity contribution in [2.75, 3.05) is 7.05 Å². The Morgan fingerprint density at radius 3 is 2.74 bits per heavy atom. The topological polar surface area (TPSA) is 39.4 Å². The van der Waals surface area contributed by atoms with Gasteiger partial charge in [0.1, 0.15) is 5.84 Å². The number of benzene rings is 1. The average Bonchev–Trinajstić information content (AvgIpc) is 2.67. The smallest absolute Gasteiger partial charge is 0.140 e. The molecule has 2 aliphatic rings. The van der Waals surface area contributed by atoms with Crippen LogP contribution in [0.2, 0.25) is 0 Å². The number of amidine groups is 1. The van der Waals surface area contributed by atoms with E-state index in [4.69, 9.17) is 4.99 Å². The molecule has 0 N–H and O–H groups in total. The molecule has 1 aromatic rings. The summed E-state index contributed by atoms with van der Waals surface area (Å²) in [6.07, 6.45) is 6.98. The zero-order chi connectivity index (χ0) is 19.6. The summed E-state index contributed by atoms with van der Waals surface area (Å²) in [4.78, 5) is 7.24. The van der Waals surface area contributed by atoms with E-state index in [1.54, 1.807) is 0 Å². The Morgan fingerprint density at radius 2 is 2.11 bits per heavy atom. The van der Waals surface area contributed by atoms with Crippen molar-refractivity contribution in [1.82, 2.24) is 4.90 Å². The van der Waals surface area contributed by atoms with Crippen LogP contribution in [0.15, 0.2) is 83.2 Å². The zero-order valence-electron chi connectivity index (χ0n) is 16.5. The summed E-state index contributed by atoms with van der Waals surface area (Å²) in [6.45, 7) is 12.4. The molecule has 0 saturated carbocycles. The van der Waals surface area contributed by atoms with E-state index in [9.17, 15) is 5.26 Å². The molecule has 27 heavy (non-hydrogen) atoms. The van der Waals surface area contributed by atoms with Crippen molar-refractivity contribution in [3.63, 3.8) is 0 Å². The zero-order valence-corrected chi connectivity index (χ0v) is 16.5. The van der Waals surface area contributed by atoms with Crippen molar-refractivity contribution in [1.29, 1.82) is 5.26 Å². The molecule has 1 aliphatic heterocycles. The summed E-state index contributed by atoms with van der Waals surface area (Å²) in [6, 6.07) is 12.5. The molecule has 0 amide bonds. The van der Waals surface area contributed by atoms with Gasteiger partial charge in [0.05, 0.1) is 11.8 Å². The van der Waals surface area contributed by atoms with E-state index in [2.05, 4.69) is 49.3 Å². The van der Waals surface area contributed by atoms with Crippen LogP contribution < -0.4 is 0 Å². The Hall–Kier alpha value is -2.86. The fraction of sp³-hybridized carbons (Fsp3) is 0.333. The highest BCUT2D eigenvalue weighted by Crippen LogP contribution is 2.52. The van der Waals surface area contributed by atoms with Crippen molar-refractivity contribution >= 4 is 5.84 Å². The van der Waals surface area contributed by atoms with Crippen molar-refractivity contribution < 1.29 is 0 Å². The number of nitriles is 1. The second-order valence-electron chi connectivity index (χ2n) is 7.62. The molecule has 0 fully saturated rings. The summed E-state index contributed by atoms with van der Waals surface area (Å²) in [5.41, 5.74) is 4.75. The van der Waals surface area contributed by atoms with Crippen LogP contribution in [0.1, 0.15) is 38.7 Å². The largest absolute Gasteiger partial charge is 0.329 e. The monoisotopic (exact) mass is 357 g/mol. The number of hydrogen-bond acceptors (Lipinski definition) is 3. The van der Waals surface area contributed by atoms with Gasteiger partial charge < -0.3 is 4.90 Å². The van der Waals surface area contributed by atoms with Gasteiger partial charge in [0.15, 0.2) is 0 Å². The molecule has 1 aromatic carbocycles. The van der Waals surface area contributed by atoms with Gasteiger partial charge in [0, 0.05) is 29.3 Å². The van der Waals surface area contributed by atoms with Gasteiger partial charge in [0.2, 0.25) is 0 Å². The molecule has 2 unspecified atom stereocenters. The highest BCUT2D eigenvalue weighted by Gasteiger charge is 2.43. The predicted octanol–water partition coefficient (Wildman–Crippen LogP) is 5.61. The van der Waals surface area contributed by atoms with Gasteiger partial charge >= 0.3 is 0 Å². The lowest BCUT2D eigenvalue weighted by molar-refractivity contribution is 0.260. The van der Waals surface area contributed by atoms with E-state index in [0.717, 1.165) is 47.6 Å². The molecule has 3 rings (SSSR count). The first kappa shape index (κ1) is 18.9. The standard InChI is InChI=1S/C24H27N3/c1-6-10-20-13-14-21-18(3)27(5)23(19-11-8-7-9-12-19)26-22(21)24(20,4)15-17(2)16-25/h6-9,11-12,15,20H,1,3,10,13-14H2,2,4-5H3/b17-15+. The number of rotatable bonds is 4. The van der Waals surface area contributed by atoms with Crippen molar-refractivity contribution in [2.24, 2.45) is 16.3 Å². The molecule has 0 spiro atoms. The Balaban J connectivity index is 2.22. The van der Waals surface area contributed by atoms with Gasteiger partial charge in [-0.1, -0.05) is 56.0 Å². The minimum atomic E-state index is -0.314. The Bertz CT molecular complexity index is 895. The van der Waals surface area contributed by atoms with Crippen LogP contribution in [-0.2, 0) is 0 Å². The molecule has 3 nitrogen and oxygen atoms in total. The van der Waals surface area contributed by atoms with Crippen molar-refractivity contribution in [3.8, 4) is 6.07 Å². The summed E-state index contributed by atoms with van der Waals surface area (Å²) in [7, 11) is 2.03. The lowest BCUT2D eigenvalue weighted by Crippen LogP contribution is -2.39. The second kappa shape index (κ2) is 7.40. The van der Waals surface area contributed by atoms with Crippen LogP contribution in [0, 0.1) is 22.7 Å². The number of nitrogens with zero attached hydrogens (tertiary/aromatic N) is 3. The van der Waals surface area contributed by atoms with Crippen LogP contribution >= 0.6 is 0 Å². The van der Waals surface area contributed by atoms with Crippen molar-refractivity contribution in [2.45, 2.75) is 33.1 Å². The van der Waals surface area contributed by atoms with E-state index in [1.807, 2.05) is 38.2 Å². The lowest BCUT2D eigenvalue weighted by atomic mass is 9.64. The normalized spacial score (nSPS) is 25.6. The third-order valence-corrected chi connectivity index (χ3v) is 5.85. The van der Waals surface area contributed by atoms with Crippen LogP contribution in [-0.4, -0.2) is 17.8 Å². The molecule has 138 valence electrons. The van der Waals surface area contributed by atoms with E-state index in [1.165, 1.54) is 5.57 Å². The van der Waals surface area contributed by atoms with Gasteiger partial charge in [-0.25, -0.2) is 4.99 Å². The van der Waals surface area contributed by atoms with Gasteiger partial charge in [0.25, 0.3) is 0 Å². The van der Waals surface area contributed by atoms with E-state index in [-0.39, 0.29) is 5.41 Å². The second-order valence-corrected chi connectivity index (χ2v) is 7.62. The number of allylic oxidation sites excluding steroid dienone is 4. The molecular weight excluding hydrogens is 330 g/mol. The molecule has 3 heteroatoms. The summed E-state index contributed by atoms with van der Waals surface area (Å²) >= 11 is 0. The molecule has 1 aliphatic carbocycles. The summed E-state index contributed by atoms with van der Waals surface area (Å²) in [5, 5.41) is 9.40. The van der Waals surface area contributed by atoms with Gasteiger partial charge in [-0.2, -0.15) is 5.26 Å². The SMILES string of the molecule is C=CCC1CCC2=C(N=C(c3ccccc3)N(C)C2=C)C1(C)/C=C(\C)C#N. The first-order valence-corrected chi connectivity index (χ1v) is 9.43. The molecule has 0 saturated heterocycles. The maximum Gasteiger partial charge on any atom is 0.140 e. The third kappa shape index (κ3) is 3.28. The quantitative estimate of drug-likeness (QED) is 0.519. The van der Waals surface area contributed by atoms with Crippen molar-refractivity contribution in [3.05, 3.63) is 83.7 Å². The number of aliphatic imine (C=N–C) groups is 1. The van der Waals surface area contributed by atoms with E-state index < -0.39 is 0 Å². The fourth-order valence-corrected chi connectivity index (χ4v) is 4.31. The van der Waals surface area contributed by atoms with Crippen LogP contribution in [0.4, 0.5) is 0 Å². The van der Waals surface area contributed by atoms with E-state index in [0.29, 0.717) is 5.92 Å². The average molecular weight is 358 g/mol.